The smallest absolute Gasteiger partial charge is 0.334 e. The molecule has 2 aliphatic heterocycles. The average Bonchev–Trinajstić information content (AvgIpc) is 2.59. The van der Waals surface area contributed by atoms with Gasteiger partial charge in [-0.15, -0.1) is 11.8 Å². The first-order chi connectivity index (χ1) is 7.75. The molecule has 0 radical (unpaired) electrons. The van der Waals surface area contributed by atoms with Crippen LogP contribution in [0, 0.1) is 0 Å². The number of aliphatic carboxylic acids is 2. The molecule has 1 fully saturated rings. The van der Waals surface area contributed by atoms with E-state index < -0.39 is 34.0 Å². The standard InChI is InChI=1S/C10H11NO5S/c1-10(2)6(9(15)16)11-5(12)3-4(8(13)14)7(11)17-10/h3,6-7H,1-2H3,(H,13,14)(H,15,16)/t6-,7+/m0/s1. The second kappa shape index (κ2) is 3.49. The number of fused-ring (bicyclic) bond motifs is 1. The van der Waals surface area contributed by atoms with Crippen molar-refractivity contribution in [2.24, 2.45) is 0 Å². The fraction of sp³-hybridized carbons (Fsp3) is 0.500. The third-order valence-corrected chi connectivity index (χ3v) is 4.42. The maximum atomic E-state index is 11.7. The van der Waals surface area contributed by atoms with Gasteiger partial charge in [-0.2, -0.15) is 0 Å². The zero-order chi connectivity index (χ0) is 13.0. The van der Waals surface area contributed by atoms with Gasteiger partial charge in [-0.1, -0.05) is 0 Å². The predicted molar refractivity (Wildman–Crippen MR) is 59.4 cm³/mol. The van der Waals surface area contributed by atoms with Crippen LogP contribution in [0.4, 0.5) is 0 Å². The minimum absolute atomic E-state index is 0.0446. The molecule has 1 saturated heterocycles. The van der Waals surface area contributed by atoms with E-state index in [-0.39, 0.29) is 5.57 Å². The minimum atomic E-state index is -1.18. The van der Waals surface area contributed by atoms with Crippen LogP contribution in [0.1, 0.15) is 13.8 Å². The average molecular weight is 257 g/mol. The number of carbonyl (C=O) groups is 3. The second-order valence-electron chi connectivity index (χ2n) is 4.46. The van der Waals surface area contributed by atoms with E-state index in [0.29, 0.717) is 0 Å². The Bertz CT molecular complexity index is 456. The fourth-order valence-corrected chi connectivity index (χ4v) is 3.75. The summed E-state index contributed by atoms with van der Waals surface area (Å²) in [5.41, 5.74) is -0.0446. The molecule has 6 nitrogen and oxygen atoms in total. The first-order valence-electron chi connectivity index (χ1n) is 4.93. The molecule has 1 amide bonds. The lowest BCUT2D eigenvalue weighted by atomic mass is 10.0. The maximum absolute atomic E-state index is 11.7. The summed E-state index contributed by atoms with van der Waals surface area (Å²) in [6.45, 7) is 3.39. The molecule has 0 spiro atoms. The molecule has 2 rings (SSSR count). The van der Waals surface area contributed by atoms with Crippen LogP contribution in [0.5, 0.6) is 0 Å². The van der Waals surface area contributed by atoms with Gasteiger partial charge in [0, 0.05) is 10.8 Å². The van der Waals surface area contributed by atoms with Crippen LogP contribution >= 0.6 is 11.8 Å². The van der Waals surface area contributed by atoms with Crippen LogP contribution in [0.25, 0.3) is 0 Å². The summed E-state index contributed by atoms with van der Waals surface area (Å²) in [5.74, 6) is -2.84. The Morgan fingerprint density at radius 1 is 1.41 bits per heavy atom. The molecule has 2 heterocycles. The van der Waals surface area contributed by atoms with Crippen molar-refractivity contribution in [3.8, 4) is 0 Å². The Balaban J connectivity index is 2.43. The number of nitrogens with zero attached hydrogens (tertiary/aromatic N) is 1. The van der Waals surface area contributed by atoms with Crippen LogP contribution in [-0.4, -0.2) is 49.1 Å². The van der Waals surface area contributed by atoms with Gasteiger partial charge in [-0.3, -0.25) is 4.79 Å². The van der Waals surface area contributed by atoms with E-state index in [1.54, 1.807) is 13.8 Å². The van der Waals surface area contributed by atoms with E-state index in [2.05, 4.69) is 0 Å². The van der Waals surface area contributed by atoms with Crippen molar-refractivity contribution >= 4 is 29.6 Å². The number of rotatable bonds is 2. The lowest BCUT2D eigenvalue weighted by Crippen LogP contribution is -2.48. The first-order valence-corrected chi connectivity index (χ1v) is 5.81. The highest BCUT2D eigenvalue weighted by atomic mass is 32.2. The number of thioether (sulfide) groups is 1. The van der Waals surface area contributed by atoms with Crippen LogP contribution in [0.15, 0.2) is 11.6 Å². The van der Waals surface area contributed by atoms with Gasteiger partial charge in [0.05, 0.1) is 5.57 Å². The van der Waals surface area contributed by atoms with Crippen molar-refractivity contribution in [2.75, 3.05) is 0 Å². The van der Waals surface area contributed by atoms with E-state index in [9.17, 15) is 14.4 Å². The van der Waals surface area contributed by atoms with Gasteiger partial charge in [0.1, 0.15) is 11.4 Å². The number of hydrogen-bond acceptors (Lipinski definition) is 4. The van der Waals surface area contributed by atoms with E-state index in [1.165, 1.54) is 11.8 Å². The quantitative estimate of drug-likeness (QED) is 0.731. The maximum Gasteiger partial charge on any atom is 0.334 e. The van der Waals surface area contributed by atoms with Gasteiger partial charge >= 0.3 is 11.9 Å². The Morgan fingerprint density at radius 2 is 2.00 bits per heavy atom. The SMILES string of the molecule is CC1(C)S[C@@H]2C(C(=O)O)=CC(=O)N2[C@H]1C(=O)O. The molecule has 0 aliphatic carbocycles. The van der Waals surface area contributed by atoms with Gasteiger partial charge in [0.15, 0.2) is 0 Å². The van der Waals surface area contributed by atoms with Crippen molar-refractivity contribution in [3.63, 3.8) is 0 Å². The minimum Gasteiger partial charge on any atom is -0.480 e. The zero-order valence-electron chi connectivity index (χ0n) is 9.21. The number of amides is 1. The molecule has 0 aromatic heterocycles. The van der Waals surface area contributed by atoms with E-state index in [4.69, 9.17) is 10.2 Å². The lowest BCUT2D eigenvalue weighted by molar-refractivity contribution is -0.148. The van der Waals surface area contributed by atoms with Gasteiger partial charge < -0.3 is 15.1 Å². The largest absolute Gasteiger partial charge is 0.480 e. The van der Waals surface area contributed by atoms with Crippen molar-refractivity contribution in [1.82, 2.24) is 4.90 Å². The topological polar surface area (TPSA) is 94.9 Å². The van der Waals surface area contributed by atoms with Gasteiger partial charge in [0.25, 0.3) is 0 Å². The van der Waals surface area contributed by atoms with Crippen molar-refractivity contribution in [3.05, 3.63) is 11.6 Å². The number of carboxylic acids is 2. The van der Waals surface area contributed by atoms with Crippen molar-refractivity contribution in [1.29, 1.82) is 0 Å². The molecule has 0 bridgehead atoms. The molecule has 0 aromatic carbocycles. The van der Waals surface area contributed by atoms with Crippen LogP contribution in [0.3, 0.4) is 0 Å². The number of carbonyl (C=O) groups excluding carboxylic acids is 1. The van der Waals surface area contributed by atoms with E-state index >= 15 is 0 Å². The summed E-state index contributed by atoms with van der Waals surface area (Å²) in [4.78, 5) is 35.0. The van der Waals surface area contributed by atoms with Crippen LogP contribution in [-0.2, 0) is 14.4 Å². The summed E-state index contributed by atoms with van der Waals surface area (Å²) in [5, 5.41) is 17.4. The van der Waals surface area contributed by atoms with Crippen LogP contribution in [0.2, 0.25) is 0 Å². The number of hydrogen-bond donors (Lipinski definition) is 2. The normalized spacial score (nSPS) is 30.1. The molecule has 17 heavy (non-hydrogen) atoms. The van der Waals surface area contributed by atoms with Crippen LogP contribution < -0.4 is 0 Å². The Kier molecular flexibility index (Phi) is 2.46. The molecule has 2 N–H and O–H groups in total. The highest BCUT2D eigenvalue weighted by Crippen LogP contribution is 2.49. The van der Waals surface area contributed by atoms with Gasteiger partial charge in [0.2, 0.25) is 5.91 Å². The fourth-order valence-electron chi connectivity index (χ4n) is 2.20. The molecule has 0 saturated carbocycles. The first kappa shape index (κ1) is 12.0. The summed E-state index contributed by atoms with van der Waals surface area (Å²) in [6, 6.07) is -1.00. The summed E-state index contributed by atoms with van der Waals surface area (Å²) in [6.07, 6.45) is 1.01. The molecule has 7 heteroatoms. The molecular weight excluding hydrogens is 246 g/mol. The summed E-state index contributed by atoms with van der Waals surface area (Å²) in [7, 11) is 0. The van der Waals surface area contributed by atoms with Gasteiger partial charge in [-0.25, -0.2) is 9.59 Å². The molecule has 2 aliphatic rings. The molecule has 2 atom stereocenters. The second-order valence-corrected chi connectivity index (χ2v) is 6.20. The van der Waals surface area contributed by atoms with Crippen molar-refractivity contribution in [2.45, 2.75) is 30.0 Å². The Hall–Kier alpha value is -1.50. The lowest BCUT2D eigenvalue weighted by Gasteiger charge is -2.26. The predicted octanol–water partition coefficient (Wildman–Crippen LogP) is 0.144. The number of carboxylic acid groups (broad SMARTS) is 2. The highest BCUT2D eigenvalue weighted by molar-refractivity contribution is 8.01. The zero-order valence-corrected chi connectivity index (χ0v) is 10.0. The summed E-state index contributed by atoms with van der Waals surface area (Å²) >= 11 is 1.19. The Morgan fingerprint density at radius 3 is 2.47 bits per heavy atom. The van der Waals surface area contributed by atoms with Gasteiger partial charge in [-0.05, 0) is 13.8 Å². The third kappa shape index (κ3) is 1.61. The third-order valence-electron chi connectivity index (χ3n) is 2.89. The van der Waals surface area contributed by atoms with E-state index in [0.717, 1.165) is 11.0 Å². The van der Waals surface area contributed by atoms with E-state index in [1.807, 2.05) is 0 Å². The molecular formula is C10H11NO5S. The monoisotopic (exact) mass is 257 g/mol. The summed E-state index contributed by atoms with van der Waals surface area (Å²) < 4.78 is -0.707. The molecule has 0 unspecified atom stereocenters. The highest BCUT2D eigenvalue weighted by Gasteiger charge is 2.57. The van der Waals surface area contributed by atoms with Crippen molar-refractivity contribution < 1.29 is 24.6 Å². The molecule has 92 valence electrons. The molecule has 0 aromatic rings. The Labute approximate surface area is 101 Å².